The van der Waals surface area contributed by atoms with Crippen molar-refractivity contribution in [3.05, 3.63) is 27.2 Å². The van der Waals surface area contributed by atoms with Crippen LogP contribution in [0.4, 0.5) is 0 Å². The highest BCUT2D eigenvalue weighted by molar-refractivity contribution is 5.68. The lowest BCUT2D eigenvalue weighted by Gasteiger charge is -2.22. The number of aromatic nitrogens is 4. The van der Waals surface area contributed by atoms with Crippen LogP contribution < -0.4 is 15.8 Å². The average Bonchev–Trinajstić information content (AvgIpc) is 3.15. The van der Waals surface area contributed by atoms with Gasteiger partial charge in [-0.1, -0.05) is 0 Å². The van der Waals surface area contributed by atoms with Gasteiger partial charge in [0.1, 0.15) is 12.7 Å². The van der Waals surface area contributed by atoms with Crippen LogP contribution in [0.3, 0.4) is 0 Å². The van der Waals surface area contributed by atoms with Crippen LogP contribution in [0.1, 0.15) is 27.0 Å². The van der Waals surface area contributed by atoms with Gasteiger partial charge in [-0.15, -0.1) is 0 Å². The molecular formula is C18H23N4O9+. The number of esters is 3. The number of H-pyrrole nitrogens is 1. The van der Waals surface area contributed by atoms with Crippen molar-refractivity contribution in [2.75, 3.05) is 6.61 Å². The van der Waals surface area contributed by atoms with Gasteiger partial charge >= 0.3 is 29.2 Å². The number of ether oxygens (including phenoxy) is 4. The molecule has 1 fully saturated rings. The van der Waals surface area contributed by atoms with Crippen molar-refractivity contribution in [3.8, 4) is 0 Å². The molecule has 0 bridgehead atoms. The van der Waals surface area contributed by atoms with E-state index in [2.05, 4.69) is 4.98 Å². The number of carbonyl (C=O) groups is 3. The van der Waals surface area contributed by atoms with E-state index >= 15 is 0 Å². The standard InChI is InChI=1S/C18H22N4O9/c1-8(23)28-6-11-13(29-9(2)24)14(30-10(3)25)17(31-11)22-7-20(4)12-15(22)19-18(27)21(5)16(12)26/h7,11,13-14,17H,6H2,1-5H3/p+1/t11-,13-,14-,17-/m1/s1. The fourth-order valence-electron chi connectivity index (χ4n) is 3.51. The van der Waals surface area contributed by atoms with Crippen molar-refractivity contribution in [2.45, 2.75) is 45.3 Å². The maximum absolute atomic E-state index is 12.6. The molecule has 0 aliphatic carbocycles. The van der Waals surface area contributed by atoms with Gasteiger partial charge in [0.2, 0.25) is 11.7 Å². The van der Waals surface area contributed by atoms with E-state index < -0.39 is 53.7 Å². The average molecular weight is 439 g/mol. The summed E-state index contributed by atoms with van der Waals surface area (Å²) in [6, 6.07) is 0. The minimum absolute atomic E-state index is 0.118. The number of fused-ring (bicyclic) bond motifs is 1. The van der Waals surface area contributed by atoms with Crippen molar-refractivity contribution in [1.82, 2.24) is 14.1 Å². The summed E-state index contributed by atoms with van der Waals surface area (Å²) >= 11 is 0. The van der Waals surface area contributed by atoms with Gasteiger partial charge in [-0.2, -0.15) is 0 Å². The summed E-state index contributed by atoms with van der Waals surface area (Å²) in [4.78, 5) is 62.0. The molecule has 1 saturated heterocycles. The zero-order chi connectivity index (χ0) is 23.0. The van der Waals surface area contributed by atoms with E-state index in [1.54, 1.807) is 7.05 Å². The molecule has 2 aromatic heterocycles. The lowest BCUT2D eigenvalue weighted by molar-refractivity contribution is -0.745. The molecule has 0 spiro atoms. The van der Waals surface area contributed by atoms with Gasteiger partial charge in [-0.25, -0.2) is 18.9 Å². The van der Waals surface area contributed by atoms with Gasteiger partial charge in [0.05, 0.1) is 7.05 Å². The Hall–Kier alpha value is -3.48. The van der Waals surface area contributed by atoms with Crippen LogP contribution in [0.2, 0.25) is 0 Å². The van der Waals surface area contributed by atoms with Crippen molar-refractivity contribution >= 4 is 29.1 Å². The van der Waals surface area contributed by atoms with Crippen LogP contribution in [0, 0.1) is 0 Å². The third-order valence-electron chi connectivity index (χ3n) is 4.78. The van der Waals surface area contributed by atoms with Crippen molar-refractivity contribution < 1.29 is 37.9 Å². The Bertz CT molecular complexity index is 1160. The van der Waals surface area contributed by atoms with Crippen molar-refractivity contribution in [1.29, 1.82) is 0 Å². The zero-order valence-corrected chi connectivity index (χ0v) is 17.6. The SMILES string of the molecule is CC(=O)OC[C@H]1O[C@@H]([n+]2cn(C)c3c(=O)n(C)c(=O)[nH]c32)[C@H](OC(C)=O)[C@@H]1OC(C)=O. The summed E-state index contributed by atoms with van der Waals surface area (Å²) in [7, 11) is 2.92. The van der Waals surface area contributed by atoms with Gasteiger partial charge < -0.3 is 18.9 Å². The first kappa shape index (κ1) is 22.2. The quantitative estimate of drug-likeness (QED) is 0.322. The topological polar surface area (TPSA) is 152 Å². The molecule has 0 unspecified atom stereocenters. The largest absolute Gasteiger partial charge is 0.463 e. The lowest BCUT2D eigenvalue weighted by atomic mass is 10.1. The summed E-state index contributed by atoms with van der Waals surface area (Å²) in [5.41, 5.74) is -0.922. The summed E-state index contributed by atoms with van der Waals surface area (Å²) in [5.74, 6) is -1.91. The summed E-state index contributed by atoms with van der Waals surface area (Å²) in [5, 5.41) is 0. The fourth-order valence-corrected chi connectivity index (χ4v) is 3.51. The number of aromatic amines is 1. The first-order valence-electron chi connectivity index (χ1n) is 9.34. The number of carbonyl (C=O) groups excluding carboxylic acids is 3. The third-order valence-corrected chi connectivity index (χ3v) is 4.78. The van der Waals surface area contributed by atoms with Crippen LogP contribution >= 0.6 is 0 Å². The molecule has 0 aromatic carbocycles. The Labute approximate surface area is 175 Å². The number of aryl methyl sites for hydroxylation is 1. The molecule has 1 aliphatic rings. The molecule has 1 N–H and O–H groups in total. The number of imidazole rings is 1. The smallest absolute Gasteiger partial charge is 0.386 e. The fraction of sp³-hybridized carbons (Fsp3) is 0.556. The molecule has 0 radical (unpaired) electrons. The van der Waals surface area contributed by atoms with E-state index in [-0.39, 0.29) is 17.8 Å². The maximum atomic E-state index is 12.6. The van der Waals surface area contributed by atoms with Crippen molar-refractivity contribution in [2.24, 2.45) is 14.1 Å². The highest BCUT2D eigenvalue weighted by Gasteiger charge is 2.53. The molecule has 2 aromatic rings. The highest BCUT2D eigenvalue weighted by Crippen LogP contribution is 2.32. The molecule has 31 heavy (non-hydrogen) atoms. The van der Waals surface area contributed by atoms with Gasteiger partial charge in [0, 0.05) is 27.8 Å². The molecule has 4 atom stereocenters. The maximum Gasteiger partial charge on any atom is 0.386 e. The Morgan fingerprint density at radius 1 is 1.06 bits per heavy atom. The first-order valence-corrected chi connectivity index (χ1v) is 9.34. The van der Waals surface area contributed by atoms with Crippen molar-refractivity contribution in [3.63, 3.8) is 0 Å². The van der Waals surface area contributed by atoms with Gasteiger partial charge in [-0.05, 0) is 0 Å². The predicted octanol–water partition coefficient (Wildman–Crippen LogP) is -1.82. The van der Waals surface area contributed by atoms with E-state index in [0.29, 0.717) is 0 Å². The predicted molar refractivity (Wildman–Crippen MR) is 101 cm³/mol. The second-order valence-electron chi connectivity index (χ2n) is 7.14. The molecular weight excluding hydrogens is 416 g/mol. The van der Waals surface area contributed by atoms with Gasteiger partial charge in [-0.3, -0.25) is 23.7 Å². The first-order chi connectivity index (χ1) is 14.5. The minimum Gasteiger partial charge on any atom is -0.463 e. The second kappa shape index (κ2) is 8.34. The molecule has 13 heteroatoms. The molecule has 13 nitrogen and oxygen atoms in total. The monoisotopic (exact) mass is 439 g/mol. The van der Waals surface area contributed by atoms with Crippen LogP contribution in [-0.4, -0.2) is 56.9 Å². The van der Waals surface area contributed by atoms with Gasteiger partial charge in [0.15, 0.2) is 18.5 Å². The molecule has 3 heterocycles. The minimum atomic E-state index is -1.15. The second-order valence-corrected chi connectivity index (χ2v) is 7.14. The molecule has 1 aliphatic heterocycles. The van der Waals surface area contributed by atoms with Crippen LogP contribution in [0.15, 0.2) is 15.9 Å². The highest BCUT2D eigenvalue weighted by atomic mass is 16.7. The number of hydrogen-bond acceptors (Lipinski definition) is 9. The Balaban J connectivity index is 2.14. The van der Waals surface area contributed by atoms with Crippen LogP contribution in [-0.2, 0) is 47.4 Å². The molecule has 168 valence electrons. The van der Waals surface area contributed by atoms with E-state index in [9.17, 15) is 24.0 Å². The number of nitrogens with one attached hydrogen (secondary N) is 1. The number of nitrogens with zero attached hydrogens (tertiary/aromatic N) is 3. The summed E-state index contributed by atoms with van der Waals surface area (Å²) in [6.45, 7) is 3.28. The molecule has 3 rings (SSSR count). The Morgan fingerprint density at radius 3 is 2.26 bits per heavy atom. The van der Waals surface area contributed by atoms with E-state index in [1.165, 1.54) is 43.3 Å². The summed E-state index contributed by atoms with van der Waals surface area (Å²) < 4.78 is 25.4. The summed E-state index contributed by atoms with van der Waals surface area (Å²) in [6.07, 6.45) is -2.84. The Kier molecular flexibility index (Phi) is 5.97. The number of hydrogen-bond donors (Lipinski definition) is 1. The molecule has 0 amide bonds. The van der Waals surface area contributed by atoms with Crippen LogP contribution in [0.25, 0.3) is 11.2 Å². The molecule has 0 saturated carbocycles. The van der Waals surface area contributed by atoms with Gasteiger partial charge in [0.25, 0.3) is 5.65 Å². The number of rotatable bonds is 5. The third kappa shape index (κ3) is 4.21. The van der Waals surface area contributed by atoms with E-state index in [1.807, 2.05) is 0 Å². The van der Waals surface area contributed by atoms with Crippen LogP contribution in [0.5, 0.6) is 0 Å². The zero-order valence-electron chi connectivity index (χ0n) is 17.6. The lowest BCUT2D eigenvalue weighted by Crippen LogP contribution is -2.49. The van der Waals surface area contributed by atoms with E-state index in [4.69, 9.17) is 18.9 Å². The normalized spacial score (nSPS) is 23.0. The Morgan fingerprint density at radius 2 is 1.68 bits per heavy atom. The van der Waals surface area contributed by atoms with E-state index in [0.717, 1.165) is 4.57 Å².